The highest BCUT2D eigenvalue weighted by molar-refractivity contribution is 5.76. The molecule has 0 spiro atoms. The van der Waals surface area contributed by atoms with Crippen LogP contribution in [0.25, 0.3) is 0 Å². The maximum Gasteiger partial charge on any atom is 0.305 e. The minimum atomic E-state index is -0.838. The summed E-state index contributed by atoms with van der Waals surface area (Å²) in [4.78, 5) is 23.5. The molecular formula is C10H17NO3. The van der Waals surface area contributed by atoms with E-state index in [1.165, 1.54) is 12.8 Å². The van der Waals surface area contributed by atoms with Crippen molar-refractivity contribution >= 4 is 11.9 Å². The highest BCUT2D eigenvalue weighted by Gasteiger charge is 2.26. The molecule has 1 N–H and O–H groups in total. The predicted molar refractivity (Wildman–Crippen MR) is 51.8 cm³/mol. The Morgan fingerprint density at radius 2 is 2.07 bits per heavy atom. The summed E-state index contributed by atoms with van der Waals surface area (Å²) in [6.07, 6.45) is 2.88. The minimum absolute atomic E-state index is 0.0540. The standard InChI is InChI=1S/C10H17NO3/c1-2-9(12)11(6-5-10(13)14)7-8-3-4-8/h8H,2-7H2,1H3,(H,13,14). The monoisotopic (exact) mass is 199 g/mol. The fourth-order valence-corrected chi connectivity index (χ4v) is 1.38. The van der Waals surface area contributed by atoms with Crippen LogP contribution in [0.2, 0.25) is 0 Å². The van der Waals surface area contributed by atoms with Gasteiger partial charge in [-0.3, -0.25) is 9.59 Å². The molecule has 1 aliphatic rings. The molecule has 1 rings (SSSR count). The smallest absolute Gasteiger partial charge is 0.305 e. The zero-order valence-corrected chi connectivity index (χ0v) is 8.53. The van der Waals surface area contributed by atoms with Gasteiger partial charge in [0, 0.05) is 19.5 Å². The lowest BCUT2D eigenvalue weighted by Gasteiger charge is -2.21. The summed E-state index contributed by atoms with van der Waals surface area (Å²) in [5.74, 6) is -0.146. The number of aliphatic carboxylic acids is 1. The van der Waals surface area contributed by atoms with Gasteiger partial charge < -0.3 is 10.0 Å². The summed E-state index contributed by atoms with van der Waals surface area (Å²) < 4.78 is 0. The molecule has 4 heteroatoms. The Bertz CT molecular complexity index is 223. The van der Waals surface area contributed by atoms with E-state index in [2.05, 4.69) is 0 Å². The SMILES string of the molecule is CCC(=O)N(CCC(=O)O)CC1CC1. The minimum Gasteiger partial charge on any atom is -0.481 e. The Labute approximate surface area is 83.9 Å². The summed E-state index contributed by atoms with van der Waals surface area (Å²) in [5, 5.41) is 8.53. The number of hydrogen-bond acceptors (Lipinski definition) is 2. The molecular weight excluding hydrogens is 182 g/mol. The zero-order valence-electron chi connectivity index (χ0n) is 8.53. The zero-order chi connectivity index (χ0) is 10.6. The van der Waals surface area contributed by atoms with Crippen LogP contribution in [0.4, 0.5) is 0 Å². The van der Waals surface area contributed by atoms with Gasteiger partial charge in [-0.05, 0) is 18.8 Å². The van der Waals surface area contributed by atoms with Gasteiger partial charge in [-0.2, -0.15) is 0 Å². The first kappa shape index (κ1) is 11.0. The first-order valence-electron chi connectivity index (χ1n) is 5.13. The normalized spacial score (nSPS) is 15.2. The molecule has 0 aromatic heterocycles. The topological polar surface area (TPSA) is 57.6 Å². The van der Waals surface area contributed by atoms with Gasteiger partial charge >= 0.3 is 5.97 Å². The van der Waals surface area contributed by atoms with E-state index in [0.29, 0.717) is 18.9 Å². The maximum atomic E-state index is 11.4. The quantitative estimate of drug-likeness (QED) is 0.697. The van der Waals surface area contributed by atoms with E-state index >= 15 is 0 Å². The predicted octanol–water partition coefficient (Wildman–Crippen LogP) is 1.11. The van der Waals surface area contributed by atoms with Crippen LogP contribution in [-0.2, 0) is 9.59 Å². The Hall–Kier alpha value is -1.06. The first-order valence-corrected chi connectivity index (χ1v) is 5.13. The number of carbonyl (C=O) groups is 2. The van der Waals surface area contributed by atoms with Crippen molar-refractivity contribution in [1.29, 1.82) is 0 Å². The Balaban J connectivity index is 2.34. The van der Waals surface area contributed by atoms with Gasteiger partial charge in [0.1, 0.15) is 0 Å². The van der Waals surface area contributed by atoms with Crippen LogP contribution in [-0.4, -0.2) is 35.0 Å². The summed E-state index contributed by atoms with van der Waals surface area (Å²) in [5.41, 5.74) is 0. The van der Waals surface area contributed by atoms with E-state index in [0.717, 1.165) is 6.54 Å². The molecule has 0 bridgehead atoms. The molecule has 1 saturated carbocycles. The molecule has 1 amide bonds. The largest absolute Gasteiger partial charge is 0.481 e. The molecule has 0 heterocycles. The fraction of sp³-hybridized carbons (Fsp3) is 0.800. The van der Waals surface area contributed by atoms with Crippen molar-refractivity contribution in [2.24, 2.45) is 5.92 Å². The molecule has 1 fully saturated rings. The van der Waals surface area contributed by atoms with Gasteiger partial charge in [-0.1, -0.05) is 6.92 Å². The van der Waals surface area contributed by atoms with Crippen molar-refractivity contribution in [1.82, 2.24) is 4.90 Å². The Morgan fingerprint density at radius 1 is 1.43 bits per heavy atom. The van der Waals surface area contributed by atoms with E-state index in [9.17, 15) is 9.59 Å². The number of rotatable bonds is 6. The first-order chi connectivity index (χ1) is 6.63. The molecule has 0 atom stereocenters. The summed E-state index contributed by atoms with van der Waals surface area (Å²) in [7, 11) is 0. The number of carboxylic acid groups (broad SMARTS) is 1. The van der Waals surface area contributed by atoms with E-state index in [1.54, 1.807) is 4.90 Å². The lowest BCUT2D eigenvalue weighted by molar-refractivity contribution is -0.138. The molecule has 1 aliphatic carbocycles. The second-order valence-corrected chi connectivity index (χ2v) is 3.78. The Morgan fingerprint density at radius 3 is 2.50 bits per heavy atom. The van der Waals surface area contributed by atoms with Crippen LogP contribution < -0.4 is 0 Å². The third-order valence-electron chi connectivity index (χ3n) is 2.43. The fourth-order valence-electron chi connectivity index (χ4n) is 1.38. The van der Waals surface area contributed by atoms with E-state index < -0.39 is 5.97 Å². The van der Waals surface area contributed by atoms with Gasteiger partial charge in [-0.15, -0.1) is 0 Å². The van der Waals surface area contributed by atoms with E-state index in [4.69, 9.17) is 5.11 Å². The molecule has 0 unspecified atom stereocenters. The molecule has 0 saturated heterocycles. The van der Waals surface area contributed by atoms with Gasteiger partial charge in [-0.25, -0.2) is 0 Å². The lowest BCUT2D eigenvalue weighted by atomic mass is 10.3. The van der Waals surface area contributed by atoms with Crippen molar-refractivity contribution in [3.8, 4) is 0 Å². The van der Waals surface area contributed by atoms with Crippen LogP contribution in [0.15, 0.2) is 0 Å². The van der Waals surface area contributed by atoms with Crippen LogP contribution >= 0.6 is 0 Å². The summed E-state index contributed by atoms with van der Waals surface area (Å²) in [6, 6.07) is 0. The lowest BCUT2D eigenvalue weighted by Crippen LogP contribution is -2.34. The molecule has 0 aliphatic heterocycles. The van der Waals surface area contributed by atoms with Crippen molar-refractivity contribution in [2.75, 3.05) is 13.1 Å². The maximum absolute atomic E-state index is 11.4. The summed E-state index contributed by atoms with van der Waals surface area (Å²) in [6.45, 7) is 2.92. The second-order valence-electron chi connectivity index (χ2n) is 3.78. The third-order valence-corrected chi connectivity index (χ3v) is 2.43. The molecule has 14 heavy (non-hydrogen) atoms. The van der Waals surface area contributed by atoms with Gasteiger partial charge in [0.25, 0.3) is 0 Å². The van der Waals surface area contributed by atoms with Crippen LogP contribution in [0.3, 0.4) is 0 Å². The van der Waals surface area contributed by atoms with Crippen LogP contribution in [0, 0.1) is 5.92 Å². The summed E-state index contributed by atoms with van der Waals surface area (Å²) >= 11 is 0. The molecule has 0 aromatic rings. The highest BCUT2D eigenvalue weighted by atomic mass is 16.4. The number of amides is 1. The van der Waals surface area contributed by atoms with Crippen molar-refractivity contribution in [2.45, 2.75) is 32.6 Å². The van der Waals surface area contributed by atoms with Gasteiger partial charge in [0.05, 0.1) is 6.42 Å². The number of hydrogen-bond donors (Lipinski definition) is 1. The Kier molecular flexibility index (Phi) is 3.92. The number of carbonyl (C=O) groups excluding carboxylic acids is 1. The van der Waals surface area contributed by atoms with Crippen LogP contribution in [0.5, 0.6) is 0 Å². The molecule has 4 nitrogen and oxygen atoms in total. The average Bonchev–Trinajstić information content (AvgIpc) is 2.94. The van der Waals surface area contributed by atoms with Crippen molar-refractivity contribution in [3.63, 3.8) is 0 Å². The molecule has 0 radical (unpaired) electrons. The van der Waals surface area contributed by atoms with Crippen LogP contribution in [0.1, 0.15) is 32.6 Å². The van der Waals surface area contributed by atoms with E-state index in [-0.39, 0.29) is 12.3 Å². The highest BCUT2D eigenvalue weighted by Crippen LogP contribution is 2.29. The second kappa shape index (κ2) is 4.98. The van der Waals surface area contributed by atoms with Gasteiger partial charge in [0.15, 0.2) is 0 Å². The molecule has 0 aromatic carbocycles. The number of carboxylic acids is 1. The van der Waals surface area contributed by atoms with Crippen molar-refractivity contribution in [3.05, 3.63) is 0 Å². The average molecular weight is 199 g/mol. The third kappa shape index (κ3) is 3.77. The molecule has 80 valence electrons. The van der Waals surface area contributed by atoms with Gasteiger partial charge in [0.2, 0.25) is 5.91 Å². The van der Waals surface area contributed by atoms with E-state index in [1.807, 2.05) is 6.92 Å². The van der Waals surface area contributed by atoms with Crippen molar-refractivity contribution < 1.29 is 14.7 Å². The number of nitrogens with zero attached hydrogens (tertiary/aromatic N) is 1.